The normalized spacial score (nSPS) is 20.8. The van der Waals surface area contributed by atoms with E-state index in [1.807, 2.05) is 0 Å². The molecule has 0 aliphatic rings. The fraction of sp³-hybridized carbons (Fsp3) is 0.214. The molecule has 0 fully saturated rings. The molecular weight excluding hydrogens is 1730 g/mol. The largest absolute Gasteiger partial charge is 0.497 e. The number of hydrogen-bond acceptors (Lipinski definition) is 16. The van der Waals surface area contributed by atoms with Gasteiger partial charge in [-0.2, -0.15) is 0 Å². The summed E-state index contributed by atoms with van der Waals surface area (Å²) < 4.78 is 532. The van der Waals surface area contributed by atoms with Crippen LogP contribution >= 0.6 is 0 Å². The maximum atomic E-state index is 11.6. The highest BCUT2D eigenvalue weighted by molar-refractivity contribution is 5.94. The van der Waals surface area contributed by atoms with Crippen molar-refractivity contribution in [2.75, 3.05) is 56.6 Å². The van der Waals surface area contributed by atoms with Crippen molar-refractivity contribution in [3.05, 3.63) is 335 Å². The first kappa shape index (κ1) is 45.9. The van der Waals surface area contributed by atoms with Gasteiger partial charge in [-0.1, -0.05) is 194 Å². The van der Waals surface area contributed by atoms with Gasteiger partial charge in [0.05, 0.1) is 170 Å². The number of rotatable bonds is 24. The number of ether oxygens (including phenoxy) is 8. The molecule has 16 aromatic carbocycles. The van der Waals surface area contributed by atoms with Crippen LogP contribution in [0.2, 0.25) is 0 Å². The van der Waals surface area contributed by atoms with Crippen LogP contribution in [0.25, 0.3) is 86.2 Å². The topological polar surface area (TPSA) is 372 Å². The number of fused-ring (bicyclic) bond motifs is 8. The maximum absolute atomic E-state index is 11.6. The molecule has 704 valence electrons. The molecule has 0 saturated carbocycles. The van der Waals surface area contributed by atoms with Crippen LogP contribution in [0.3, 0.4) is 0 Å². The summed E-state index contributed by atoms with van der Waals surface area (Å²) in [5, 5.41) is 71.6. The predicted octanol–water partition coefficient (Wildman–Crippen LogP) is 24.3. The summed E-state index contributed by atoms with van der Waals surface area (Å²) >= 11 is 0. The van der Waals surface area contributed by atoms with Gasteiger partial charge in [0.1, 0.15) is 46.0 Å². The van der Waals surface area contributed by atoms with E-state index in [0.717, 1.165) is 45.4 Å². The van der Waals surface area contributed by atoms with Gasteiger partial charge in [-0.05, 0) is 282 Å². The van der Waals surface area contributed by atoms with Gasteiger partial charge in [0.25, 0.3) is 0 Å². The first-order valence-electron chi connectivity index (χ1n) is 70.0. The van der Waals surface area contributed by atoms with Gasteiger partial charge in [0.2, 0.25) is 0 Å². The molecule has 16 rings (SSSR count). The van der Waals surface area contributed by atoms with Crippen LogP contribution in [0.15, 0.2) is 290 Å². The van der Waals surface area contributed by atoms with Crippen molar-refractivity contribution in [1.82, 2.24) is 0 Å². The molecule has 8 N–H and O–H groups in total. The van der Waals surface area contributed by atoms with E-state index in [1.54, 1.807) is 0 Å². The average molecular weight is 1910 g/mol. The minimum absolute atomic E-state index is 0.0362. The van der Waals surface area contributed by atoms with Crippen LogP contribution in [0.1, 0.15) is 235 Å². The lowest BCUT2D eigenvalue weighted by atomic mass is 9.98. The Hall–Kier alpha value is -16.2. The van der Waals surface area contributed by atoms with E-state index in [9.17, 15) is 63.9 Å². The quantitative estimate of drug-likeness (QED) is 0.0278. The lowest BCUT2D eigenvalue weighted by molar-refractivity contribution is -0.139. The molecule has 0 aliphatic carbocycles. The molecule has 0 aliphatic heterocycles. The Bertz CT molecular complexity index is 10500. The Labute approximate surface area is 877 Å². The molecular formula is C112H112O24. The SMILES string of the molecule is [2H]c1c(C(C(=O)O)C([2H])([2H])[2H])c([2H])c2c([2H])c([2H])c(OC)c([2H])c2c1[2H].[2H]c1c(C(C)C(=O)O)c([2H])c2c([2H])c([2H])c(OC)c([2H])c2c1[2H].[2H]c1c(C([2H])(C(=O)O)C([2H])([2H])[2H])c([2H])c2c([2H])c([2H])c(OC)c([2H])c2c1[2H].[2H]c1c(C([2H])(C)C(=O)O)c([2H])c2c([2H])c([2H])c(OC)c([2H])c2c1[2H].[2H]c1c(OC([2H])([2H])[2H])c([2H])c2ccc(C(C(=O)O)C([2H])([2H])[2H])cc2c1[2H].[2H]c1c(OC([2H])([2H])[2H])c([2H])c2ccc(C(C)C(=O)O)cc2c1[2H].[2H]c1c(OC([2H])([2H])[2H])c([2H])c2ccc(C([2H])(C(=O)O)C([2H])([2H])[2H])cc2c1[2H].[2H]c1c(OC([2H])([2H])[2H])c([2H])c2ccc(C([2H])(C)C(=O)O)cc2c1[2H]. The molecule has 8 atom stereocenters. The summed E-state index contributed by atoms with van der Waals surface area (Å²) in [6.45, 7) is -7.73. The zero-order chi connectivity index (χ0) is 154. The van der Waals surface area contributed by atoms with Crippen LogP contribution in [0.5, 0.6) is 46.0 Å². The van der Waals surface area contributed by atoms with Crippen LogP contribution in [-0.4, -0.2) is 145 Å². The average Bonchev–Trinajstić information content (AvgIpc) is 0.699. The zero-order valence-corrected chi connectivity index (χ0v) is 71.3. The minimum atomic E-state index is -3.49. The maximum Gasteiger partial charge on any atom is 0.310 e. The van der Waals surface area contributed by atoms with Crippen molar-refractivity contribution in [2.24, 2.45) is 0 Å². The molecule has 0 spiro atoms. The van der Waals surface area contributed by atoms with Crippen LogP contribution in [0, 0.1) is 0 Å². The van der Waals surface area contributed by atoms with E-state index >= 15 is 0 Å². The van der Waals surface area contributed by atoms with E-state index in [-0.39, 0.29) is 134 Å². The molecule has 24 heteroatoms. The van der Waals surface area contributed by atoms with E-state index in [2.05, 4.69) is 18.9 Å². The monoisotopic (exact) mass is 1910 g/mol. The van der Waals surface area contributed by atoms with Gasteiger partial charge in [0.15, 0.2) is 0 Å². The highest BCUT2D eigenvalue weighted by Crippen LogP contribution is 2.35. The summed E-state index contributed by atoms with van der Waals surface area (Å²) in [5.41, 5.74) is -2.64. The number of benzene rings is 16. The molecule has 24 nitrogen and oxygen atoms in total. The number of methoxy groups -OCH3 is 8. The third kappa shape index (κ3) is 27.9. The molecule has 136 heavy (non-hydrogen) atoms. The Morgan fingerprint density at radius 2 is 0.412 bits per heavy atom. The Morgan fingerprint density at radius 1 is 0.213 bits per heavy atom. The number of hydrogen-bond donors (Lipinski definition) is 8. The number of carbonyl (C=O) groups is 8. The van der Waals surface area contributed by atoms with Crippen LogP contribution in [0.4, 0.5) is 0 Å². The fourth-order valence-electron chi connectivity index (χ4n) is 10.7. The Balaban J connectivity index is 0.000000247. The van der Waals surface area contributed by atoms with Crippen LogP contribution < -0.4 is 37.9 Å². The highest BCUT2D eigenvalue weighted by Gasteiger charge is 2.22. The second-order valence-corrected chi connectivity index (χ2v) is 26.9. The van der Waals surface area contributed by atoms with Crippen molar-refractivity contribution in [3.8, 4) is 46.0 Å². The second-order valence-electron chi connectivity index (χ2n) is 26.9. The van der Waals surface area contributed by atoms with Crippen LogP contribution in [-0.2, 0) is 38.4 Å². The van der Waals surface area contributed by atoms with Crippen molar-refractivity contribution in [3.63, 3.8) is 0 Å². The minimum Gasteiger partial charge on any atom is -0.497 e. The van der Waals surface area contributed by atoms with Gasteiger partial charge in [-0.25, -0.2) is 0 Å². The number of carboxylic acid groups (broad SMARTS) is 8. The first-order valence-corrected chi connectivity index (χ1v) is 38.0. The summed E-state index contributed by atoms with van der Waals surface area (Å²) in [7, 11) is -6.85. The predicted molar refractivity (Wildman–Crippen MR) is 532 cm³/mol. The zero-order valence-electron chi connectivity index (χ0n) is 135. The van der Waals surface area contributed by atoms with Gasteiger partial charge in [-0.3, -0.25) is 38.4 Å². The molecule has 0 bridgehead atoms. The Morgan fingerprint density at radius 3 is 0.691 bits per heavy atom. The third-order valence-corrected chi connectivity index (χ3v) is 18.2. The van der Waals surface area contributed by atoms with Gasteiger partial charge >= 0.3 is 47.8 Å². The lowest BCUT2D eigenvalue weighted by Gasteiger charge is -2.08. The third-order valence-electron chi connectivity index (χ3n) is 18.2. The molecule has 0 heterocycles. The van der Waals surface area contributed by atoms with Gasteiger partial charge < -0.3 is 78.7 Å². The summed E-state index contributed by atoms with van der Waals surface area (Å²) in [5.74, 6) is -33.1. The number of carboxylic acids is 8. The molecule has 8 unspecified atom stereocenters. The second kappa shape index (κ2) is 48.8. The van der Waals surface area contributed by atoms with Crippen molar-refractivity contribution in [1.29, 1.82) is 0 Å². The van der Waals surface area contributed by atoms with Gasteiger partial charge in [-0.15, -0.1) is 0 Å². The molecule has 0 aromatic heterocycles. The summed E-state index contributed by atoms with van der Waals surface area (Å²) in [6.07, 6.45) is 0. The van der Waals surface area contributed by atoms with E-state index in [0.29, 0.717) is 5.56 Å². The molecule has 0 amide bonds. The van der Waals surface area contributed by atoms with Crippen molar-refractivity contribution < 1.29 is 205 Å². The summed E-state index contributed by atoms with van der Waals surface area (Å²) in [6, 6.07) is -5.47. The Kier molecular flexibility index (Phi) is 16.5. The summed E-state index contributed by atoms with van der Waals surface area (Å²) in [4.78, 5) is 90.7. The van der Waals surface area contributed by atoms with E-state index in [4.69, 9.17) is 122 Å². The standard InChI is InChI=1S/8C14H14O3/c8*1-9(14(15)16)10-3-4-12-8-13(17-2)6-5-11(12)7-10/h8*3-9H,1-2H3,(H,15,16)/i1D3,3D,4D,5D,6D,7D,8D,9D;3D,4D,5D,6D,7D,8D,9D;1D3,3D,4D,5D,6D,7D,8D;3D,4D,5D,6D,7D,8D;1D3,2D3,5D,6D,8D,9D;2D3,5D,6D,8D,9D;1D3,2D3,5D,6D,8D;2D3,5D,6D,8D. The number of aliphatic carboxylic acids is 8. The first-order chi connectivity index (χ1) is 90.9. The highest BCUT2D eigenvalue weighted by atomic mass is 16.5. The molecule has 0 saturated heterocycles. The fourth-order valence-corrected chi connectivity index (χ4v) is 10.7. The van der Waals surface area contributed by atoms with E-state index in [1.165, 1.54) is 83.5 Å². The molecule has 0 radical (unpaired) electrons. The van der Waals surface area contributed by atoms with Crippen molar-refractivity contribution >= 4 is 134 Å². The molecule has 16 aromatic rings. The smallest absolute Gasteiger partial charge is 0.310 e. The lowest BCUT2D eigenvalue weighted by Crippen LogP contribution is -2.06. The van der Waals surface area contributed by atoms with Gasteiger partial charge in [0, 0.05) is 21.9 Å². The van der Waals surface area contributed by atoms with E-state index < -0.39 is 405 Å². The van der Waals surface area contributed by atoms with Crippen molar-refractivity contribution in [2.45, 2.75) is 102 Å².